The van der Waals surface area contributed by atoms with Gasteiger partial charge in [-0.3, -0.25) is 4.79 Å². The fourth-order valence-electron chi connectivity index (χ4n) is 1.10. The summed E-state index contributed by atoms with van der Waals surface area (Å²) in [6.07, 6.45) is 1.85. The molecule has 15 heavy (non-hydrogen) atoms. The molecule has 6 heteroatoms. The first-order chi connectivity index (χ1) is 6.90. The van der Waals surface area contributed by atoms with Crippen LogP contribution in [0.3, 0.4) is 0 Å². The van der Waals surface area contributed by atoms with Crippen molar-refractivity contribution in [2.75, 3.05) is 12.0 Å². The second-order valence-corrected chi connectivity index (χ2v) is 7.28. The van der Waals surface area contributed by atoms with Crippen LogP contribution in [-0.4, -0.2) is 26.2 Å². The molecule has 0 spiro atoms. The Hall–Kier alpha value is -0.200. The summed E-state index contributed by atoms with van der Waals surface area (Å²) in [7, 11) is -2.96. The van der Waals surface area contributed by atoms with Crippen LogP contribution in [0.25, 0.3) is 0 Å². The van der Waals surface area contributed by atoms with Gasteiger partial charge in [-0.2, -0.15) is 0 Å². The molecule has 1 heterocycles. The minimum atomic E-state index is -2.96. The lowest BCUT2D eigenvalue weighted by Crippen LogP contribution is -2.06. The Morgan fingerprint density at radius 2 is 2.20 bits per heavy atom. The zero-order chi connectivity index (χ0) is 11.5. The topological polar surface area (TPSA) is 51.2 Å². The van der Waals surface area contributed by atoms with Crippen molar-refractivity contribution in [1.82, 2.24) is 0 Å². The van der Waals surface area contributed by atoms with Crippen LogP contribution in [0, 0.1) is 0 Å². The third kappa shape index (κ3) is 4.44. The van der Waals surface area contributed by atoms with Gasteiger partial charge >= 0.3 is 0 Å². The van der Waals surface area contributed by atoms with Gasteiger partial charge < -0.3 is 0 Å². The smallest absolute Gasteiger partial charge is 0.173 e. The summed E-state index contributed by atoms with van der Waals surface area (Å²) in [6.45, 7) is 0. The van der Waals surface area contributed by atoms with Crippen LogP contribution >= 0.6 is 27.3 Å². The van der Waals surface area contributed by atoms with Gasteiger partial charge in [-0.1, -0.05) is 0 Å². The standard InChI is InChI=1S/C9H11BrO3S2/c1-15(12,13)6-2-3-8(11)9-7(10)4-5-14-9/h4-5H,2-3,6H2,1H3. The minimum Gasteiger partial charge on any atom is -0.293 e. The molecule has 0 atom stereocenters. The molecule has 1 rings (SSSR count). The molecule has 1 aromatic heterocycles. The van der Waals surface area contributed by atoms with E-state index in [0.29, 0.717) is 11.3 Å². The van der Waals surface area contributed by atoms with Crippen LogP contribution in [0.15, 0.2) is 15.9 Å². The second kappa shape index (κ2) is 5.23. The van der Waals surface area contributed by atoms with Crippen molar-refractivity contribution in [3.8, 4) is 0 Å². The first-order valence-corrected chi connectivity index (χ1v) is 8.07. The number of rotatable bonds is 5. The van der Waals surface area contributed by atoms with Crippen LogP contribution in [0.2, 0.25) is 0 Å². The predicted molar refractivity (Wildman–Crippen MR) is 65.3 cm³/mol. The van der Waals surface area contributed by atoms with Gasteiger partial charge in [0.15, 0.2) is 5.78 Å². The van der Waals surface area contributed by atoms with E-state index >= 15 is 0 Å². The van der Waals surface area contributed by atoms with E-state index in [0.717, 1.165) is 4.47 Å². The molecular formula is C9H11BrO3S2. The zero-order valence-electron chi connectivity index (χ0n) is 8.20. The zero-order valence-corrected chi connectivity index (χ0v) is 11.4. The molecule has 0 aliphatic heterocycles. The summed E-state index contributed by atoms with van der Waals surface area (Å²) in [6, 6.07) is 1.81. The molecule has 0 radical (unpaired) electrons. The number of Topliss-reactive ketones (excluding diaryl/α,β-unsaturated/α-hetero) is 1. The summed E-state index contributed by atoms with van der Waals surface area (Å²) in [5, 5.41) is 1.83. The van der Waals surface area contributed by atoms with E-state index in [1.165, 1.54) is 17.6 Å². The summed E-state index contributed by atoms with van der Waals surface area (Å²) in [4.78, 5) is 12.3. The van der Waals surface area contributed by atoms with E-state index in [-0.39, 0.29) is 18.0 Å². The highest BCUT2D eigenvalue weighted by atomic mass is 79.9. The maximum absolute atomic E-state index is 11.6. The molecule has 0 aliphatic carbocycles. The van der Waals surface area contributed by atoms with E-state index in [1.807, 2.05) is 11.4 Å². The lowest BCUT2D eigenvalue weighted by Gasteiger charge is -1.98. The number of carbonyl (C=O) groups is 1. The highest BCUT2D eigenvalue weighted by Crippen LogP contribution is 2.24. The second-order valence-electron chi connectivity index (χ2n) is 3.25. The number of ketones is 1. The summed E-state index contributed by atoms with van der Waals surface area (Å²) >= 11 is 4.64. The fourth-order valence-corrected chi connectivity index (χ4v) is 3.33. The lowest BCUT2D eigenvalue weighted by atomic mass is 10.2. The molecular weight excluding hydrogens is 300 g/mol. The average Bonchev–Trinajstić information content (AvgIpc) is 2.48. The van der Waals surface area contributed by atoms with Gasteiger partial charge in [-0.15, -0.1) is 11.3 Å². The Kier molecular flexibility index (Phi) is 4.48. The van der Waals surface area contributed by atoms with Crippen molar-refractivity contribution in [3.63, 3.8) is 0 Å². The van der Waals surface area contributed by atoms with Crippen molar-refractivity contribution in [2.45, 2.75) is 12.8 Å². The molecule has 0 saturated carbocycles. The van der Waals surface area contributed by atoms with Gasteiger partial charge in [0.25, 0.3) is 0 Å². The number of thiophene rings is 1. The Labute approximate surface area is 102 Å². The Morgan fingerprint density at radius 1 is 1.53 bits per heavy atom. The first-order valence-electron chi connectivity index (χ1n) is 4.34. The Bertz CT molecular complexity index is 448. The first kappa shape index (κ1) is 12.9. The SMILES string of the molecule is CS(=O)(=O)CCCC(=O)c1sccc1Br. The van der Waals surface area contributed by atoms with Crippen LogP contribution < -0.4 is 0 Å². The molecule has 0 N–H and O–H groups in total. The molecule has 3 nitrogen and oxygen atoms in total. The minimum absolute atomic E-state index is 0.000486. The van der Waals surface area contributed by atoms with Gasteiger partial charge in [0.2, 0.25) is 0 Å². The van der Waals surface area contributed by atoms with Crippen LogP contribution in [-0.2, 0) is 9.84 Å². The summed E-state index contributed by atoms with van der Waals surface area (Å²) in [5.41, 5.74) is 0. The average molecular weight is 311 g/mol. The van der Waals surface area contributed by atoms with Gasteiger partial charge in [-0.25, -0.2) is 8.42 Å². The molecule has 0 saturated heterocycles. The van der Waals surface area contributed by atoms with Gasteiger partial charge in [0, 0.05) is 17.1 Å². The van der Waals surface area contributed by atoms with Crippen LogP contribution in [0.5, 0.6) is 0 Å². The number of hydrogen-bond donors (Lipinski definition) is 0. The van der Waals surface area contributed by atoms with E-state index in [4.69, 9.17) is 0 Å². The highest BCUT2D eigenvalue weighted by molar-refractivity contribution is 9.10. The molecule has 0 amide bonds. The van der Waals surface area contributed by atoms with Crippen molar-refractivity contribution in [2.24, 2.45) is 0 Å². The van der Waals surface area contributed by atoms with Gasteiger partial charge in [0.05, 0.1) is 10.6 Å². The molecule has 0 aliphatic rings. The number of carbonyl (C=O) groups excluding carboxylic acids is 1. The fraction of sp³-hybridized carbons (Fsp3) is 0.444. The van der Waals surface area contributed by atoms with Gasteiger partial charge in [-0.05, 0) is 33.8 Å². The third-order valence-electron chi connectivity index (χ3n) is 1.79. The molecule has 1 aromatic rings. The third-order valence-corrected chi connectivity index (χ3v) is 4.70. The maximum atomic E-state index is 11.6. The Morgan fingerprint density at radius 3 is 2.67 bits per heavy atom. The quantitative estimate of drug-likeness (QED) is 0.785. The largest absolute Gasteiger partial charge is 0.293 e. The van der Waals surface area contributed by atoms with Crippen LogP contribution in [0.4, 0.5) is 0 Å². The van der Waals surface area contributed by atoms with E-state index in [2.05, 4.69) is 15.9 Å². The summed E-state index contributed by atoms with van der Waals surface area (Å²) in [5.74, 6) is 0.0717. The van der Waals surface area contributed by atoms with Crippen molar-refractivity contribution in [3.05, 3.63) is 20.8 Å². The Balaban J connectivity index is 2.48. The molecule has 0 aromatic carbocycles. The molecule has 0 bridgehead atoms. The van der Waals surface area contributed by atoms with Gasteiger partial charge in [0.1, 0.15) is 9.84 Å². The predicted octanol–water partition coefficient (Wildman–Crippen LogP) is 2.52. The highest BCUT2D eigenvalue weighted by Gasteiger charge is 2.12. The molecule has 0 unspecified atom stereocenters. The number of halogens is 1. The number of hydrogen-bond acceptors (Lipinski definition) is 4. The molecule has 0 fully saturated rings. The van der Waals surface area contributed by atoms with Crippen molar-refractivity contribution < 1.29 is 13.2 Å². The van der Waals surface area contributed by atoms with E-state index < -0.39 is 9.84 Å². The molecule has 84 valence electrons. The van der Waals surface area contributed by atoms with Crippen molar-refractivity contribution >= 4 is 42.9 Å². The van der Waals surface area contributed by atoms with Crippen molar-refractivity contribution in [1.29, 1.82) is 0 Å². The lowest BCUT2D eigenvalue weighted by molar-refractivity contribution is 0.0985. The van der Waals surface area contributed by atoms with Crippen LogP contribution in [0.1, 0.15) is 22.5 Å². The maximum Gasteiger partial charge on any atom is 0.173 e. The normalized spacial score (nSPS) is 11.6. The van der Waals surface area contributed by atoms with E-state index in [9.17, 15) is 13.2 Å². The summed E-state index contributed by atoms with van der Waals surface area (Å²) < 4.78 is 22.5. The number of sulfone groups is 1. The van der Waals surface area contributed by atoms with E-state index in [1.54, 1.807) is 0 Å². The monoisotopic (exact) mass is 310 g/mol.